The number of aromatic nitrogens is 1. The summed E-state index contributed by atoms with van der Waals surface area (Å²) in [5.41, 5.74) is -0.299. The molecule has 0 atom stereocenters. The van der Waals surface area contributed by atoms with Gasteiger partial charge in [-0.2, -0.15) is 0 Å². The van der Waals surface area contributed by atoms with Gasteiger partial charge >= 0.3 is 0 Å². The number of carbonyl (C=O) groups is 2. The summed E-state index contributed by atoms with van der Waals surface area (Å²) in [5, 5.41) is 2.57. The average Bonchev–Trinajstić information content (AvgIpc) is 2.48. The number of carbonyl (C=O) groups excluding carboxylic acids is 2. The number of pyridine rings is 1. The van der Waals surface area contributed by atoms with E-state index in [4.69, 9.17) is 4.74 Å². The Labute approximate surface area is 115 Å². The first-order chi connectivity index (χ1) is 9.68. The van der Waals surface area contributed by atoms with Crippen LogP contribution >= 0.6 is 0 Å². The van der Waals surface area contributed by atoms with Crippen LogP contribution in [0.4, 0.5) is 0 Å². The smallest absolute Gasteiger partial charge is 0.256 e. The zero-order valence-electron chi connectivity index (χ0n) is 11.1. The van der Waals surface area contributed by atoms with Crippen LogP contribution in [0.2, 0.25) is 0 Å². The van der Waals surface area contributed by atoms with Crippen LogP contribution in [0.3, 0.4) is 0 Å². The molecule has 2 heterocycles. The molecule has 0 unspecified atom stereocenters. The third-order valence-corrected chi connectivity index (χ3v) is 3.06. The maximum atomic E-state index is 11.8. The van der Waals surface area contributed by atoms with E-state index in [1.165, 1.54) is 18.5 Å². The highest BCUT2D eigenvalue weighted by Gasteiger charge is 2.17. The van der Waals surface area contributed by atoms with E-state index >= 15 is 0 Å². The number of nitrogens with one attached hydrogen (secondary N) is 2. The summed E-state index contributed by atoms with van der Waals surface area (Å²) in [6.07, 6.45) is 3.03. The van der Waals surface area contributed by atoms with E-state index < -0.39 is 5.91 Å². The standard InChI is InChI=1S/C13H17N3O4/c17-11-1-3-14-9-10(11)13(19)15-4-2-12(18)16-5-7-20-8-6-16/h1,3,9H,2,4-8H2,(H,14,17)(H,15,19). The van der Waals surface area contributed by atoms with Crippen LogP contribution in [0.25, 0.3) is 0 Å². The van der Waals surface area contributed by atoms with Crippen LogP contribution in [0.5, 0.6) is 0 Å². The molecule has 7 heteroatoms. The second-order valence-corrected chi connectivity index (χ2v) is 4.42. The van der Waals surface area contributed by atoms with Crippen LogP contribution in [-0.4, -0.2) is 54.5 Å². The minimum Gasteiger partial charge on any atom is -0.378 e. The Bertz CT molecular complexity index is 534. The van der Waals surface area contributed by atoms with Crippen molar-refractivity contribution in [3.05, 3.63) is 34.2 Å². The summed E-state index contributed by atoms with van der Waals surface area (Å²) in [4.78, 5) is 39.4. The van der Waals surface area contributed by atoms with Crippen molar-refractivity contribution in [2.45, 2.75) is 6.42 Å². The van der Waals surface area contributed by atoms with E-state index in [-0.39, 0.29) is 29.9 Å². The van der Waals surface area contributed by atoms with Crippen molar-refractivity contribution in [1.29, 1.82) is 0 Å². The monoisotopic (exact) mass is 279 g/mol. The summed E-state index contributed by atoms with van der Waals surface area (Å²) in [6.45, 7) is 2.49. The summed E-state index contributed by atoms with van der Waals surface area (Å²) in [5.74, 6) is -0.489. The molecule has 108 valence electrons. The molecule has 0 saturated carbocycles. The van der Waals surface area contributed by atoms with E-state index in [1.54, 1.807) is 4.90 Å². The number of ether oxygens (including phenoxy) is 1. The lowest BCUT2D eigenvalue weighted by atomic mass is 10.2. The zero-order valence-corrected chi connectivity index (χ0v) is 11.1. The van der Waals surface area contributed by atoms with Crippen molar-refractivity contribution >= 4 is 11.8 Å². The third-order valence-electron chi connectivity index (χ3n) is 3.06. The van der Waals surface area contributed by atoms with Gasteiger partial charge in [-0.25, -0.2) is 0 Å². The van der Waals surface area contributed by atoms with Crippen molar-refractivity contribution in [3.63, 3.8) is 0 Å². The molecule has 0 aromatic carbocycles. The Morgan fingerprint density at radius 2 is 2.10 bits per heavy atom. The molecule has 0 bridgehead atoms. The molecule has 2 rings (SSSR count). The lowest BCUT2D eigenvalue weighted by Gasteiger charge is -2.26. The Balaban J connectivity index is 1.78. The first-order valence-corrected chi connectivity index (χ1v) is 6.49. The highest BCUT2D eigenvalue weighted by Crippen LogP contribution is 1.99. The summed E-state index contributed by atoms with van der Waals surface area (Å²) >= 11 is 0. The van der Waals surface area contributed by atoms with Gasteiger partial charge in [0.25, 0.3) is 5.91 Å². The van der Waals surface area contributed by atoms with E-state index in [0.29, 0.717) is 26.3 Å². The fourth-order valence-electron chi connectivity index (χ4n) is 1.94. The predicted octanol–water partition coefficient (Wildman–Crippen LogP) is -0.646. The zero-order chi connectivity index (χ0) is 14.4. The van der Waals surface area contributed by atoms with Crippen molar-refractivity contribution in [3.8, 4) is 0 Å². The summed E-state index contributed by atoms with van der Waals surface area (Å²) in [7, 11) is 0. The Hall–Kier alpha value is -2.15. The van der Waals surface area contributed by atoms with Gasteiger partial charge in [0.1, 0.15) is 5.56 Å². The van der Waals surface area contributed by atoms with E-state index in [9.17, 15) is 14.4 Å². The number of morpholine rings is 1. The number of H-pyrrole nitrogens is 1. The van der Waals surface area contributed by atoms with Crippen LogP contribution in [0.1, 0.15) is 16.8 Å². The maximum Gasteiger partial charge on any atom is 0.256 e. The minimum absolute atomic E-state index is 0.0180. The van der Waals surface area contributed by atoms with Gasteiger partial charge in [-0.15, -0.1) is 0 Å². The number of hydrogen-bond donors (Lipinski definition) is 2. The molecule has 20 heavy (non-hydrogen) atoms. The van der Waals surface area contributed by atoms with Gasteiger partial charge in [0, 0.05) is 44.5 Å². The quantitative estimate of drug-likeness (QED) is 0.766. The van der Waals surface area contributed by atoms with E-state index in [0.717, 1.165) is 0 Å². The molecule has 1 aliphatic rings. The number of amides is 2. The second-order valence-electron chi connectivity index (χ2n) is 4.42. The molecule has 1 aromatic rings. The highest BCUT2D eigenvalue weighted by atomic mass is 16.5. The fourth-order valence-corrected chi connectivity index (χ4v) is 1.94. The predicted molar refractivity (Wildman–Crippen MR) is 71.4 cm³/mol. The normalized spacial score (nSPS) is 14.9. The van der Waals surface area contributed by atoms with Crippen molar-refractivity contribution in [2.75, 3.05) is 32.8 Å². The van der Waals surface area contributed by atoms with E-state index in [1.807, 2.05) is 0 Å². The van der Waals surface area contributed by atoms with Gasteiger partial charge in [0.15, 0.2) is 5.43 Å². The SMILES string of the molecule is O=C(NCCC(=O)N1CCOCC1)c1c[nH]ccc1=O. The molecule has 1 aliphatic heterocycles. The molecule has 2 N–H and O–H groups in total. The van der Waals surface area contributed by atoms with Gasteiger partial charge in [-0.05, 0) is 0 Å². The van der Waals surface area contributed by atoms with Crippen molar-refractivity contribution < 1.29 is 14.3 Å². The van der Waals surface area contributed by atoms with Crippen molar-refractivity contribution in [1.82, 2.24) is 15.2 Å². The molecule has 0 spiro atoms. The molecule has 7 nitrogen and oxygen atoms in total. The van der Waals surface area contributed by atoms with Gasteiger partial charge in [0.05, 0.1) is 13.2 Å². The Kier molecular flexibility index (Phi) is 4.89. The maximum absolute atomic E-state index is 11.8. The van der Waals surface area contributed by atoms with Crippen LogP contribution < -0.4 is 10.7 Å². The molecular formula is C13H17N3O4. The molecule has 0 radical (unpaired) electrons. The molecular weight excluding hydrogens is 262 g/mol. The first-order valence-electron chi connectivity index (χ1n) is 6.49. The van der Waals surface area contributed by atoms with Gasteiger partial charge in [0.2, 0.25) is 5.91 Å². The van der Waals surface area contributed by atoms with Crippen LogP contribution in [0, 0.1) is 0 Å². The second kappa shape index (κ2) is 6.85. The lowest BCUT2D eigenvalue weighted by molar-refractivity contribution is -0.135. The van der Waals surface area contributed by atoms with E-state index in [2.05, 4.69) is 10.3 Å². The number of rotatable bonds is 4. The van der Waals surface area contributed by atoms with Gasteiger partial charge < -0.3 is 19.9 Å². The largest absolute Gasteiger partial charge is 0.378 e. The highest BCUT2D eigenvalue weighted by molar-refractivity contribution is 5.93. The Morgan fingerprint density at radius 1 is 1.35 bits per heavy atom. The van der Waals surface area contributed by atoms with Crippen molar-refractivity contribution in [2.24, 2.45) is 0 Å². The molecule has 1 saturated heterocycles. The van der Waals surface area contributed by atoms with Crippen LogP contribution in [-0.2, 0) is 9.53 Å². The minimum atomic E-state index is -0.471. The van der Waals surface area contributed by atoms with Gasteiger partial charge in [-0.1, -0.05) is 0 Å². The molecule has 2 amide bonds. The average molecular weight is 279 g/mol. The first kappa shape index (κ1) is 14.3. The topological polar surface area (TPSA) is 91.5 Å². The van der Waals surface area contributed by atoms with Gasteiger partial charge in [-0.3, -0.25) is 14.4 Å². The number of aromatic amines is 1. The molecule has 0 aliphatic carbocycles. The summed E-state index contributed by atoms with van der Waals surface area (Å²) in [6, 6.07) is 1.29. The van der Waals surface area contributed by atoms with Crippen LogP contribution in [0.15, 0.2) is 23.3 Å². The fraction of sp³-hybridized carbons (Fsp3) is 0.462. The lowest BCUT2D eigenvalue weighted by Crippen LogP contribution is -2.42. The third kappa shape index (κ3) is 3.67. The number of nitrogens with zero attached hydrogens (tertiary/aromatic N) is 1. The number of hydrogen-bond acceptors (Lipinski definition) is 4. The molecule has 1 aromatic heterocycles. The summed E-state index contributed by atoms with van der Waals surface area (Å²) < 4.78 is 5.16. The Morgan fingerprint density at radius 3 is 2.80 bits per heavy atom. The molecule has 1 fully saturated rings.